The predicted molar refractivity (Wildman–Crippen MR) is 60.4 cm³/mol. The van der Waals surface area contributed by atoms with Gasteiger partial charge < -0.3 is 15.7 Å². The molecule has 2 atom stereocenters. The summed E-state index contributed by atoms with van der Waals surface area (Å²) < 4.78 is 22.3. The van der Waals surface area contributed by atoms with Gasteiger partial charge in [0, 0.05) is 12.1 Å². The van der Waals surface area contributed by atoms with Crippen molar-refractivity contribution in [3.05, 3.63) is 0 Å². The molecule has 0 radical (unpaired) electrons. The van der Waals surface area contributed by atoms with E-state index in [1.54, 1.807) is 6.92 Å². The number of amides is 2. The van der Waals surface area contributed by atoms with Crippen LogP contribution in [0.2, 0.25) is 0 Å². The van der Waals surface area contributed by atoms with Crippen LogP contribution in [0.3, 0.4) is 0 Å². The second kappa shape index (κ2) is 5.35. The van der Waals surface area contributed by atoms with Crippen LogP contribution in [0.25, 0.3) is 0 Å². The number of sulfone groups is 1. The third-order valence-electron chi connectivity index (χ3n) is 2.43. The molecule has 98 valence electrons. The van der Waals surface area contributed by atoms with Crippen LogP contribution in [0.1, 0.15) is 19.8 Å². The zero-order valence-corrected chi connectivity index (χ0v) is 10.3. The largest absolute Gasteiger partial charge is 0.481 e. The molecule has 3 N–H and O–H groups in total. The van der Waals surface area contributed by atoms with Crippen molar-refractivity contribution in [1.82, 2.24) is 10.6 Å². The van der Waals surface area contributed by atoms with Gasteiger partial charge in [-0.1, -0.05) is 0 Å². The van der Waals surface area contributed by atoms with Gasteiger partial charge in [0.25, 0.3) is 0 Å². The minimum Gasteiger partial charge on any atom is -0.481 e. The lowest BCUT2D eigenvalue weighted by molar-refractivity contribution is -0.137. The Hall–Kier alpha value is -1.31. The molecule has 1 aliphatic rings. The summed E-state index contributed by atoms with van der Waals surface area (Å²) >= 11 is 0. The van der Waals surface area contributed by atoms with Gasteiger partial charge in [0.2, 0.25) is 0 Å². The number of carboxylic acids is 1. The number of carbonyl (C=O) groups is 2. The fourth-order valence-electron chi connectivity index (χ4n) is 1.67. The first-order valence-electron chi connectivity index (χ1n) is 5.28. The van der Waals surface area contributed by atoms with Crippen LogP contribution in [-0.2, 0) is 14.6 Å². The molecule has 17 heavy (non-hydrogen) atoms. The quantitative estimate of drug-likeness (QED) is 0.623. The molecule has 0 bridgehead atoms. The maximum absolute atomic E-state index is 11.4. The van der Waals surface area contributed by atoms with Crippen molar-refractivity contribution in [3.8, 4) is 0 Å². The molecular formula is C9H16N2O5S. The summed E-state index contributed by atoms with van der Waals surface area (Å²) in [5.41, 5.74) is 0. The van der Waals surface area contributed by atoms with Gasteiger partial charge in [0.1, 0.15) is 0 Å². The van der Waals surface area contributed by atoms with E-state index < -0.39 is 27.9 Å². The molecule has 1 heterocycles. The molecule has 0 aromatic carbocycles. The summed E-state index contributed by atoms with van der Waals surface area (Å²) in [7, 11) is -3.03. The van der Waals surface area contributed by atoms with E-state index in [-0.39, 0.29) is 24.0 Å². The number of carboxylic acid groups (broad SMARTS) is 1. The Morgan fingerprint density at radius 1 is 1.47 bits per heavy atom. The Morgan fingerprint density at radius 2 is 2.12 bits per heavy atom. The van der Waals surface area contributed by atoms with Gasteiger partial charge >= 0.3 is 12.0 Å². The average Bonchev–Trinajstić information content (AvgIpc) is 2.42. The topological polar surface area (TPSA) is 113 Å². The molecule has 1 rings (SSSR count). The molecule has 1 fully saturated rings. The summed E-state index contributed by atoms with van der Waals surface area (Å²) in [6.07, 6.45) is 0.236. The monoisotopic (exact) mass is 264 g/mol. The van der Waals surface area contributed by atoms with E-state index in [1.807, 2.05) is 0 Å². The summed E-state index contributed by atoms with van der Waals surface area (Å²) in [4.78, 5) is 21.8. The van der Waals surface area contributed by atoms with Crippen molar-refractivity contribution < 1.29 is 23.1 Å². The van der Waals surface area contributed by atoms with Crippen LogP contribution in [0, 0.1) is 0 Å². The zero-order valence-electron chi connectivity index (χ0n) is 9.47. The van der Waals surface area contributed by atoms with Crippen LogP contribution >= 0.6 is 0 Å². The molecular weight excluding hydrogens is 248 g/mol. The fraction of sp³-hybridized carbons (Fsp3) is 0.778. The molecule has 1 aliphatic heterocycles. The Morgan fingerprint density at radius 3 is 2.59 bits per heavy atom. The average molecular weight is 264 g/mol. The Labute approximate surface area is 99.5 Å². The lowest BCUT2D eigenvalue weighted by atomic mass is 10.2. The summed E-state index contributed by atoms with van der Waals surface area (Å²) in [6, 6.07) is -1.40. The SMILES string of the molecule is CC(CC(=O)O)NC(=O)NC1CCS(=O)(=O)C1. The van der Waals surface area contributed by atoms with Gasteiger partial charge in [-0.15, -0.1) is 0 Å². The predicted octanol–water partition coefficient (Wildman–Crippen LogP) is -0.664. The second-order valence-corrected chi connectivity index (χ2v) is 6.45. The van der Waals surface area contributed by atoms with Crippen molar-refractivity contribution in [2.75, 3.05) is 11.5 Å². The van der Waals surface area contributed by atoms with E-state index in [0.717, 1.165) is 0 Å². The number of rotatable bonds is 4. The molecule has 0 spiro atoms. The first-order chi connectivity index (χ1) is 7.78. The standard InChI is InChI=1S/C9H16N2O5S/c1-6(4-8(12)13)10-9(14)11-7-2-3-17(15,16)5-7/h6-7H,2-5H2,1H3,(H,12,13)(H2,10,11,14). The minimum atomic E-state index is -3.03. The number of hydrogen-bond donors (Lipinski definition) is 3. The summed E-state index contributed by atoms with van der Waals surface area (Å²) in [5, 5.41) is 13.5. The van der Waals surface area contributed by atoms with Crippen molar-refractivity contribution in [1.29, 1.82) is 0 Å². The zero-order chi connectivity index (χ0) is 13.1. The van der Waals surface area contributed by atoms with Crippen molar-refractivity contribution in [2.45, 2.75) is 31.8 Å². The normalized spacial score (nSPS) is 23.9. The first-order valence-corrected chi connectivity index (χ1v) is 7.10. The van der Waals surface area contributed by atoms with E-state index in [4.69, 9.17) is 5.11 Å². The van der Waals surface area contributed by atoms with E-state index in [9.17, 15) is 18.0 Å². The highest BCUT2D eigenvalue weighted by Crippen LogP contribution is 2.10. The highest BCUT2D eigenvalue weighted by atomic mass is 32.2. The summed E-state index contributed by atoms with van der Waals surface area (Å²) in [5.74, 6) is -0.961. The van der Waals surface area contributed by atoms with Crippen LogP contribution in [-0.4, -0.2) is 49.1 Å². The molecule has 0 aliphatic carbocycles. The van der Waals surface area contributed by atoms with Crippen LogP contribution < -0.4 is 10.6 Å². The number of carbonyl (C=O) groups excluding carboxylic acids is 1. The number of aliphatic carboxylic acids is 1. The van der Waals surface area contributed by atoms with Gasteiger partial charge in [-0.05, 0) is 13.3 Å². The molecule has 2 unspecified atom stereocenters. The highest BCUT2D eigenvalue weighted by Gasteiger charge is 2.29. The number of urea groups is 1. The van der Waals surface area contributed by atoms with Gasteiger partial charge in [-0.3, -0.25) is 4.79 Å². The molecule has 0 aromatic heterocycles. The third kappa shape index (κ3) is 5.03. The maximum atomic E-state index is 11.4. The Bertz CT molecular complexity index is 406. The van der Waals surface area contributed by atoms with Crippen LogP contribution in [0.5, 0.6) is 0 Å². The smallest absolute Gasteiger partial charge is 0.315 e. The lowest BCUT2D eigenvalue weighted by Gasteiger charge is -2.15. The van der Waals surface area contributed by atoms with Gasteiger partial charge in [0.15, 0.2) is 9.84 Å². The first kappa shape index (κ1) is 13.8. The van der Waals surface area contributed by atoms with E-state index in [0.29, 0.717) is 6.42 Å². The summed E-state index contributed by atoms with van der Waals surface area (Å²) in [6.45, 7) is 1.57. The second-order valence-electron chi connectivity index (χ2n) is 4.22. The molecule has 1 saturated heterocycles. The van der Waals surface area contributed by atoms with Crippen LogP contribution in [0.15, 0.2) is 0 Å². The van der Waals surface area contributed by atoms with E-state index >= 15 is 0 Å². The van der Waals surface area contributed by atoms with Gasteiger partial charge in [-0.25, -0.2) is 13.2 Å². The third-order valence-corrected chi connectivity index (χ3v) is 4.19. The molecule has 8 heteroatoms. The van der Waals surface area contributed by atoms with Gasteiger partial charge in [0.05, 0.1) is 17.9 Å². The van der Waals surface area contributed by atoms with E-state index in [2.05, 4.69) is 10.6 Å². The van der Waals surface area contributed by atoms with Crippen molar-refractivity contribution in [3.63, 3.8) is 0 Å². The lowest BCUT2D eigenvalue weighted by Crippen LogP contribution is -2.46. The minimum absolute atomic E-state index is 0.0479. The molecule has 2 amide bonds. The molecule has 0 aromatic rings. The van der Waals surface area contributed by atoms with Crippen molar-refractivity contribution in [2.24, 2.45) is 0 Å². The Kier molecular flexibility index (Phi) is 4.33. The van der Waals surface area contributed by atoms with Gasteiger partial charge in [-0.2, -0.15) is 0 Å². The molecule has 0 saturated carbocycles. The molecule has 7 nitrogen and oxygen atoms in total. The van der Waals surface area contributed by atoms with Crippen LogP contribution in [0.4, 0.5) is 4.79 Å². The highest BCUT2D eigenvalue weighted by molar-refractivity contribution is 7.91. The van der Waals surface area contributed by atoms with E-state index in [1.165, 1.54) is 0 Å². The maximum Gasteiger partial charge on any atom is 0.315 e. The number of hydrogen-bond acceptors (Lipinski definition) is 4. The number of nitrogens with one attached hydrogen (secondary N) is 2. The Balaban J connectivity index is 2.33. The fourth-order valence-corrected chi connectivity index (χ4v) is 3.35. The van der Waals surface area contributed by atoms with Crippen molar-refractivity contribution >= 4 is 21.8 Å².